The van der Waals surface area contributed by atoms with Crippen LogP contribution >= 0.6 is 0 Å². The number of alkyl carbamates (subject to hydrolysis) is 1. The van der Waals surface area contributed by atoms with Crippen LogP contribution in [0.5, 0.6) is 0 Å². The molecule has 1 N–H and O–H groups in total. The summed E-state index contributed by atoms with van der Waals surface area (Å²) in [6.45, 7) is 13.3. The van der Waals surface area contributed by atoms with Gasteiger partial charge in [-0.05, 0) is 80.1 Å². The van der Waals surface area contributed by atoms with Crippen molar-refractivity contribution in [3.05, 3.63) is 0 Å². The molecule has 0 spiro atoms. The predicted octanol–water partition coefficient (Wildman–Crippen LogP) is 4.19. The van der Waals surface area contributed by atoms with E-state index in [9.17, 15) is 9.59 Å². The number of carbonyl (C=O) groups excluding carboxylic acids is 2. The average Bonchev–Trinajstić information content (AvgIpc) is 2.27. The molecule has 1 aliphatic rings. The molecule has 1 rings (SSSR count). The van der Waals surface area contributed by atoms with Crippen molar-refractivity contribution >= 4 is 12.1 Å². The third kappa shape index (κ3) is 8.24. The number of hydrogen-bond acceptors (Lipinski definition) is 4. The van der Waals surface area contributed by atoms with Gasteiger partial charge in [-0.1, -0.05) is 0 Å². The van der Waals surface area contributed by atoms with E-state index < -0.39 is 11.2 Å². The van der Waals surface area contributed by atoms with Gasteiger partial charge in [-0.3, -0.25) is 4.79 Å². The average molecular weight is 327 g/mol. The van der Waals surface area contributed by atoms with Gasteiger partial charge in [-0.25, -0.2) is 4.79 Å². The molecule has 0 atom stereocenters. The SMILES string of the molecule is CC1(NC(=O)OC(C)(C)C)CCC(CC(=O)OC(C)(C)C)CC1. The summed E-state index contributed by atoms with van der Waals surface area (Å²) >= 11 is 0. The standard InChI is InChI=1S/C18H33NO4/c1-16(2,3)22-14(20)12-13-8-10-18(7,11-9-13)19-15(21)23-17(4,5)6/h13H,8-12H2,1-7H3,(H,19,21). The smallest absolute Gasteiger partial charge is 0.408 e. The van der Waals surface area contributed by atoms with Gasteiger partial charge in [0, 0.05) is 12.0 Å². The first-order chi connectivity index (χ1) is 10.3. The summed E-state index contributed by atoms with van der Waals surface area (Å²) in [5.74, 6) is 0.199. The molecule has 23 heavy (non-hydrogen) atoms. The summed E-state index contributed by atoms with van der Waals surface area (Å²) in [6, 6.07) is 0. The Morgan fingerprint density at radius 3 is 1.91 bits per heavy atom. The van der Waals surface area contributed by atoms with Crippen molar-refractivity contribution in [3.63, 3.8) is 0 Å². The van der Waals surface area contributed by atoms with Crippen molar-refractivity contribution < 1.29 is 19.1 Å². The van der Waals surface area contributed by atoms with Gasteiger partial charge < -0.3 is 14.8 Å². The van der Waals surface area contributed by atoms with Crippen molar-refractivity contribution in [3.8, 4) is 0 Å². The second-order valence-corrected chi connectivity index (χ2v) is 8.92. The maximum atomic E-state index is 11.9. The summed E-state index contributed by atoms with van der Waals surface area (Å²) < 4.78 is 10.7. The van der Waals surface area contributed by atoms with Gasteiger partial charge >= 0.3 is 12.1 Å². The minimum atomic E-state index is -0.492. The maximum Gasteiger partial charge on any atom is 0.408 e. The molecule has 1 aliphatic carbocycles. The zero-order valence-electron chi connectivity index (χ0n) is 15.7. The van der Waals surface area contributed by atoms with Crippen LogP contribution in [0.2, 0.25) is 0 Å². The van der Waals surface area contributed by atoms with E-state index in [1.807, 2.05) is 48.5 Å². The Morgan fingerprint density at radius 2 is 1.48 bits per heavy atom. The first-order valence-corrected chi connectivity index (χ1v) is 8.51. The highest BCUT2D eigenvalue weighted by molar-refractivity contribution is 5.70. The fourth-order valence-corrected chi connectivity index (χ4v) is 2.81. The number of esters is 1. The van der Waals surface area contributed by atoms with E-state index in [4.69, 9.17) is 9.47 Å². The molecule has 0 aromatic rings. The van der Waals surface area contributed by atoms with Crippen LogP contribution in [0.1, 0.15) is 80.6 Å². The van der Waals surface area contributed by atoms with Gasteiger partial charge in [0.2, 0.25) is 0 Å². The number of amides is 1. The van der Waals surface area contributed by atoms with E-state index in [-0.39, 0.29) is 17.6 Å². The molecular formula is C18H33NO4. The predicted molar refractivity (Wildman–Crippen MR) is 90.2 cm³/mol. The van der Waals surface area contributed by atoms with Gasteiger partial charge in [0.05, 0.1) is 0 Å². The van der Waals surface area contributed by atoms with Crippen LogP contribution in [0.4, 0.5) is 4.79 Å². The fraction of sp³-hybridized carbons (Fsp3) is 0.889. The molecule has 1 saturated carbocycles. The Kier molecular flexibility index (Phi) is 6.11. The zero-order chi connectivity index (χ0) is 17.9. The summed E-state index contributed by atoms with van der Waals surface area (Å²) in [5.41, 5.74) is -1.18. The molecule has 1 fully saturated rings. The molecule has 0 aliphatic heterocycles. The molecule has 0 aromatic heterocycles. The minimum absolute atomic E-state index is 0.133. The summed E-state index contributed by atoms with van der Waals surface area (Å²) in [4.78, 5) is 23.9. The summed E-state index contributed by atoms with van der Waals surface area (Å²) in [7, 11) is 0. The third-order valence-corrected chi connectivity index (χ3v) is 3.89. The number of ether oxygens (including phenoxy) is 2. The van der Waals surface area contributed by atoms with E-state index in [1.54, 1.807) is 0 Å². The first kappa shape index (κ1) is 19.8. The highest BCUT2D eigenvalue weighted by atomic mass is 16.6. The van der Waals surface area contributed by atoms with Crippen molar-refractivity contribution in [1.82, 2.24) is 5.32 Å². The van der Waals surface area contributed by atoms with Crippen molar-refractivity contribution in [2.24, 2.45) is 5.92 Å². The lowest BCUT2D eigenvalue weighted by atomic mass is 9.76. The minimum Gasteiger partial charge on any atom is -0.460 e. The van der Waals surface area contributed by atoms with E-state index in [2.05, 4.69) is 5.32 Å². The fourth-order valence-electron chi connectivity index (χ4n) is 2.81. The number of nitrogens with one attached hydrogen (secondary N) is 1. The topological polar surface area (TPSA) is 64.6 Å². The van der Waals surface area contributed by atoms with Crippen molar-refractivity contribution in [2.75, 3.05) is 0 Å². The van der Waals surface area contributed by atoms with Crippen LogP contribution in [0.15, 0.2) is 0 Å². The molecule has 0 saturated heterocycles. The molecule has 0 bridgehead atoms. The van der Waals surface area contributed by atoms with E-state index in [0.717, 1.165) is 25.7 Å². The molecule has 0 radical (unpaired) electrons. The third-order valence-electron chi connectivity index (χ3n) is 3.89. The van der Waals surface area contributed by atoms with Gasteiger partial charge in [0.25, 0.3) is 0 Å². The molecular weight excluding hydrogens is 294 g/mol. The summed E-state index contributed by atoms with van der Waals surface area (Å²) in [5, 5.41) is 2.99. The second kappa shape index (κ2) is 7.10. The largest absolute Gasteiger partial charge is 0.460 e. The highest BCUT2D eigenvalue weighted by Gasteiger charge is 2.35. The molecule has 5 heteroatoms. The molecule has 1 amide bonds. The van der Waals surface area contributed by atoms with E-state index in [1.165, 1.54) is 0 Å². The quantitative estimate of drug-likeness (QED) is 0.789. The molecule has 0 aromatic carbocycles. The lowest BCUT2D eigenvalue weighted by molar-refractivity contribution is -0.156. The van der Waals surface area contributed by atoms with Crippen LogP contribution in [-0.4, -0.2) is 28.8 Å². The van der Waals surface area contributed by atoms with Crippen LogP contribution < -0.4 is 5.32 Å². The molecule has 134 valence electrons. The Balaban J connectivity index is 2.42. The zero-order valence-corrected chi connectivity index (χ0v) is 15.7. The monoisotopic (exact) mass is 327 g/mol. The Hall–Kier alpha value is -1.26. The Morgan fingerprint density at radius 1 is 1.00 bits per heavy atom. The summed E-state index contributed by atoms with van der Waals surface area (Å²) in [6.07, 6.45) is 3.60. The van der Waals surface area contributed by atoms with E-state index >= 15 is 0 Å². The molecule has 5 nitrogen and oxygen atoms in total. The highest BCUT2D eigenvalue weighted by Crippen LogP contribution is 2.34. The molecule has 0 unspecified atom stereocenters. The van der Waals surface area contributed by atoms with Crippen LogP contribution in [0, 0.1) is 5.92 Å². The van der Waals surface area contributed by atoms with Gasteiger partial charge in [-0.2, -0.15) is 0 Å². The lowest BCUT2D eigenvalue weighted by Crippen LogP contribution is -2.50. The lowest BCUT2D eigenvalue weighted by Gasteiger charge is -2.38. The molecule has 0 heterocycles. The van der Waals surface area contributed by atoms with Crippen molar-refractivity contribution in [1.29, 1.82) is 0 Å². The van der Waals surface area contributed by atoms with Crippen LogP contribution in [0.25, 0.3) is 0 Å². The van der Waals surface area contributed by atoms with Gasteiger partial charge in [0.1, 0.15) is 11.2 Å². The number of rotatable bonds is 3. The Bertz CT molecular complexity index is 423. The van der Waals surface area contributed by atoms with Crippen LogP contribution in [-0.2, 0) is 14.3 Å². The van der Waals surface area contributed by atoms with Gasteiger partial charge in [0.15, 0.2) is 0 Å². The number of carbonyl (C=O) groups is 2. The van der Waals surface area contributed by atoms with Gasteiger partial charge in [-0.15, -0.1) is 0 Å². The van der Waals surface area contributed by atoms with E-state index in [0.29, 0.717) is 12.3 Å². The van der Waals surface area contributed by atoms with Crippen molar-refractivity contribution in [2.45, 2.75) is 97.3 Å². The Labute approximate surface area is 140 Å². The first-order valence-electron chi connectivity index (χ1n) is 8.51. The van der Waals surface area contributed by atoms with Crippen LogP contribution in [0.3, 0.4) is 0 Å². The normalized spacial score (nSPS) is 25.6. The number of hydrogen-bond donors (Lipinski definition) is 1. The second-order valence-electron chi connectivity index (χ2n) is 8.92. The maximum absolute atomic E-state index is 11.9.